The molecule has 98 valence electrons. The molecule has 0 spiro atoms. The lowest BCUT2D eigenvalue weighted by molar-refractivity contribution is -0.139. The minimum absolute atomic E-state index is 0.111. The minimum Gasteiger partial charge on any atom is -0.481 e. The Morgan fingerprint density at radius 2 is 2.22 bits per heavy atom. The van der Waals surface area contributed by atoms with Crippen LogP contribution in [-0.2, 0) is 9.53 Å². The van der Waals surface area contributed by atoms with Crippen LogP contribution in [0.15, 0.2) is 6.20 Å². The van der Waals surface area contributed by atoms with Gasteiger partial charge in [0.25, 0.3) is 5.91 Å². The second-order valence-corrected chi connectivity index (χ2v) is 4.77. The van der Waals surface area contributed by atoms with Crippen LogP contribution in [0.2, 0.25) is 0 Å². The standard InChI is InChI=1S/C10H13N3O4S/c14-8(15)5-10(1-3-17-4-2-10)12-9(16)7-6-11-18-13-7/h6H,1-5H2,(H,12,16)(H,14,15). The van der Waals surface area contributed by atoms with Gasteiger partial charge < -0.3 is 15.2 Å². The van der Waals surface area contributed by atoms with E-state index in [1.54, 1.807) is 0 Å². The van der Waals surface area contributed by atoms with Crippen molar-refractivity contribution in [2.45, 2.75) is 24.8 Å². The lowest BCUT2D eigenvalue weighted by atomic mass is 9.86. The van der Waals surface area contributed by atoms with Crippen LogP contribution >= 0.6 is 11.7 Å². The van der Waals surface area contributed by atoms with Gasteiger partial charge >= 0.3 is 5.97 Å². The summed E-state index contributed by atoms with van der Waals surface area (Å²) in [7, 11) is 0. The van der Waals surface area contributed by atoms with Crippen molar-refractivity contribution >= 4 is 23.6 Å². The van der Waals surface area contributed by atoms with Crippen LogP contribution in [0.5, 0.6) is 0 Å². The third-order valence-corrected chi connectivity index (χ3v) is 3.39. The van der Waals surface area contributed by atoms with Crippen LogP contribution in [0.4, 0.5) is 0 Å². The van der Waals surface area contributed by atoms with E-state index in [-0.39, 0.29) is 18.0 Å². The van der Waals surface area contributed by atoms with Gasteiger partial charge in [0.15, 0.2) is 5.69 Å². The molecule has 8 heteroatoms. The monoisotopic (exact) mass is 271 g/mol. The van der Waals surface area contributed by atoms with E-state index >= 15 is 0 Å². The summed E-state index contributed by atoms with van der Waals surface area (Å²) < 4.78 is 12.8. The Morgan fingerprint density at radius 3 is 2.78 bits per heavy atom. The minimum atomic E-state index is -0.936. The first-order valence-electron chi connectivity index (χ1n) is 5.51. The van der Waals surface area contributed by atoms with Gasteiger partial charge in [-0.1, -0.05) is 0 Å². The van der Waals surface area contributed by atoms with E-state index in [9.17, 15) is 9.59 Å². The van der Waals surface area contributed by atoms with Crippen LogP contribution in [0.3, 0.4) is 0 Å². The third kappa shape index (κ3) is 3.02. The van der Waals surface area contributed by atoms with Crippen molar-refractivity contribution in [2.24, 2.45) is 0 Å². The molecule has 2 heterocycles. The Kier molecular flexibility index (Phi) is 3.87. The summed E-state index contributed by atoms with van der Waals surface area (Å²) in [5.74, 6) is -1.32. The summed E-state index contributed by atoms with van der Waals surface area (Å²) in [6.07, 6.45) is 2.23. The predicted molar refractivity (Wildman–Crippen MR) is 62.4 cm³/mol. The molecule has 1 saturated heterocycles. The van der Waals surface area contributed by atoms with E-state index in [2.05, 4.69) is 14.1 Å². The fourth-order valence-corrected chi connectivity index (χ4v) is 2.38. The van der Waals surface area contributed by atoms with Crippen molar-refractivity contribution in [3.8, 4) is 0 Å². The Bertz CT molecular complexity index is 428. The van der Waals surface area contributed by atoms with Gasteiger partial charge in [0, 0.05) is 13.2 Å². The summed E-state index contributed by atoms with van der Waals surface area (Å²) in [5, 5.41) is 11.7. The van der Waals surface area contributed by atoms with Gasteiger partial charge in [-0.05, 0) is 12.8 Å². The summed E-state index contributed by atoms with van der Waals surface area (Å²) in [4.78, 5) is 22.8. The number of nitrogens with zero attached hydrogens (tertiary/aromatic N) is 2. The molecule has 1 aliphatic heterocycles. The van der Waals surface area contributed by atoms with Crippen molar-refractivity contribution in [1.82, 2.24) is 14.1 Å². The lowest BCUT2D eigenvalue weighted by Gasteiger charge is -2.36. The quantitative estimate of drug-likeness (QED) is 0.816. The molecule has 1 amide bonds. The molecule has 0 aromatic carbocycles. The summed E-state index contributed by atoms with van der Waals surface area (Å²) >= 11 is 0.941. The molecule has 0 unspecified atom stereocenters. The molecule has 2 N–H and O–H groups in total. The van der Waals surface area contributed by atoms with Gasteiger partial charge in [0.05, 0.1) is 29.9 Å². The number of hydrogen-bond acceptors (Lipinski definition) is 6. The molecule has 1 aromatic rings. The first-order valence-corrected chi connectivity index (χ1v) is 6.24. The molecule has 0 atom stereocenters. The maximum absolute atomic E-state index is 11.9. The van der Waals surface area contributed by atoms with Crippen molar-refractivity contribution in [1.29, 1.82) is 0 Å². The van der Waals surface area contributed by atoms with Gasteiger partial charge in [-0.2, -0.15) is 8.75 Å². The maximum Gasteiger partial charge on any atom is 0.305 e. The Morgan fingerprint density at radius 1 is 1.50 bits per heavy atom. The van der Waals surface area contributed by atoms with E-state index in [4.69, 9.17) is 9.84 Å². The first-order chi connectivity index (χ1) is 8.61. The van der Waals surface area contributed by atoms with Gasteiger partial charge in [-0.25, -0.2) is 0 Å². The van der Waals surface area contributed by atoms with Crippen molar-refractivity contribution in [3.63, 3.8) is 0 Å². The molecule has 0 radical (unpaired) electrons. The highest BCUT2D eigenvalue weighted by Crippen LogP contribution is 2.25. The smallest absolute Gasteiger partial charge is 0.305 e. The van der Waals surface area contributed by atoms with Gasteiger partial charge in [-0.15, -0.1) is 0 Å². The number of carbonyl (C=O) groups excluding carboxylic acids is 1. The molecular formula is C10H13N3O4S. The zero-order valence-electron chi connectivity index (χ0n) is 9.59. The molecule has 2 rings (SSSR count). The molecule has 1 aliphatic rings. The Balaban J connectivity index is 2.09. The molecule has 0 aliphatic carbocycles. The van der Waals surface area contributed by atoms with Gasteiger partial charge in [-0.3, -0.25) is 9.59 Å². The molecule has 18 heavy (non-hydrogen) atoms. The first kappa shape index (κ1) is 12.9. The van der Waals surface area contributed by atoms with Crippen molar-refractivity contribution in [2.75, 3.05) is 13.2 Å². The van der Waals surface area contributed by atoms with E-state index in [1.165, 1.54) is 6.20 Å². The highest BCUT2D eigenvalue weighted by atomic mass is 32.1. The zero-order valence-corrected chi connectivity index (χ0v) is 10.4. The van der Waals surface area contributed by atoms with Crippen LogP contribution < -0.4 is 5.32 Å². The number of ether oxygens (including phenoxy) is 1. The number of aromatic nitrogens is 2. The van der Waals surface area contributed by atoms with Crippen molar-refractivity contribution in [3.05, 3.63) is 11.9 Å². The fourth-order valence-electron chi connectivity index (χ4n) is 1.97. The number of carboxylic acid groups (broad SMARTS) is 1. The average Bonchev–Trinajstić information content (AvgIpc) is 2.82. The SMILES string of the molecule is O=C(O)CC1(NC(=O)c2cnsn2)CCOCC1. The number of aliphatic carboxylic acids is 1. The summed E-state index contributed by atoms with van der Waals surface area (Å²) in [5.41, 5.74) is -0.526. The lowest BCUT2D eigenvalue weighted by Crippen LogP contribution is -2.53. The number of hydrogen-bond donors (Lipinski definition) is 2. The predicted octanol–water partition coefficient (Wildman–Crippen LogP) is 0.292. The van der Waals surface area contributed by atoms with E-state index in [0.717, 1.165) is 11.7 Å². The summed E-state index contributed by atoms with van der Waals surface area (Å²) in [6.45, 7) is 0.895. The molecule has 1 fully saturated rings. The molecule has 7 nitrogen and oxygen atoms in total. The molecular weight excluding hydrogens is 258 g/mol. The zero-order chi connectivity index (χ0) is 13.0. The molecule has 0 bridgehead atoms. The van der Waals surface area contributed by atoms with E-state index < -0.39 is 11.5 Å². The van der Waals surface area contributed by atoms with Gasteiger partial charge in [0.1, 0.15) is 0 Å². The second kappa shape index (κ2) is 5.40. The average molecular weight is 271 g/mol. The number of nitrogens with one attached hydrogen (secondary N) is 1. The van der Waals surface area contributed by atoms with Crippen LogP contribution in [-0.4, -0.2) is 44.5 Å². The molecule has 1 aromatic heterocycles. The number of carboxylic acids is 1. The normalized spacial score (nSPS) is 18.2. The maximum atomic E-state index is 11.9. The van der Waals surface area contributed by atoms with Crippen LogP contribution in [0.1, 0.15) is 29.8 Å². The molecule has 0 saturated carbocycles. The fraction of sp³-hybridized carbons (Fsp3) is 0.600. The largest absolute Gasteiger partial charge is 0.481 e. The second-order valence-electron chi connectivity index (χ2n) is 4.21. The topological polar surface area (TPSA) is 101 Å². The van der Waals surface area contributed by atoms with Crippen LogP contribution in [0, 0.1) is 0 Å². The Labute approximate surface area is 107 Å². The van der Waals surface area contributed by atoms with E-state index in [1.807, 2.05) is 0 Å². The van der Waals surface area contributed by atoms with Gasteiger partial charge in [0.2, 0.25) is 0 Å². The highest BCUT2D eigenvalue weighted by molar-refractivity contribution is 6.99. The van der Waals surface area contributed by atoms with E-state index in [0.29, 0.717) is 26.1 Å². The number of carbonyl (C=O) groups is 2. The highest BCUT2D eigenvalue weighted by Gasteiger charge is 2.37. The summed E-state index contributed by atoms with van der Waals surface area (Å²) in [6, 6.07) is 0. The third-order valence-electron chi connectivity index (χ3n) is 2.91. The van der Waals surface area contributed by atoms with Crippen molar-refractivity contribution < 1.29 is 19.4 Å². The number of amides is 1. The van der Waals surface area contributed by atoms with Crippen LogP contribution in [0.25, 0.3) is 0 Å². The number of rotatable bonds is 4. The Hall–Kier alpha value is -1.54.